The smallest absolute Gasteiger partial charge is 0.245 e. The zero-order valence-electron chi connectivity index (χ0n) is 14.3. The molecule has 1 saturated carbocycles. The van der Waals surface area contributed by atoms with Crippen molar-refractivity contribution in [3.05, 3.63) is 0 Å². The Morgan fingerprint density at radius 2 is 1.82 bits per heavy atom. The highest BCUT2D eigenvalue weighted by atomic mass is 16.2. The largest absolute Gasteiger partial charge is 0.344 e. The fourth-order valence-corrected chi connectivity index (χ4v) is 4.17. The SMILES string of the molecule is CCC[C@H]1CCCN(C(=O)[C@H](NC(C)=O)C2CCCC2)CC1. The maximum atomic E-state index is 12.9. The van der Waals surface area contributed by atoms with E-state index >= 15 is 0 Å². The van der Waals surface area contributed by atoms with Crippen molar-refractivity contribution in [3.8, 4) is 0 Å². The third-order valence-corrected chi connectivity index (χ3v) is 5.35. The van der Waals surface area contributed by atoms with Crippen LogP contribution in [0, 0.1) is 11.8 Å². The maximum absolute atomic E-state index is 12.9. The van der Waals surface area contributed by atoms with Crippen molar-refractivity contribution in [2.24, 2.45) is 11.8 Å². The van der Waals surface area contributed by atoms with Gasteiger partial charge in [0.25, 0.3) is 0 Å². The van der Waals surface area contributed by atoms with E-state index in [0.29, 0.717) is 5.92 Å². The van der Waals surface area contributed by atoms with Gasteiger partial charge in [0.2, 0.25) is 11.8 Å². The van der Waals surface area contributed by atoms with Crippen molar-refractivity contribution in [1.82, 2.24) is 10.2 Å². The third kappa shape index (κ3) is 4.72. The van der Waals surface area contributed by atoms with Gasteiger partial charge in [-0.05, 0) is 43.9 Å². The van der Waals surface area contributed by atoms with Crippen molar-refractivity contribution < 1.29 is 9.59 Å². The molecule has 2 atom stereocenters. The second kappa shape index (κ2) is 8.54. The molecule has 0 aromatic heterocycles. The van der Waals surface area contributed by atoms with Crippen LogP contribution in [0.25, 0.3) is 0 Å². The molecular formula is C18H32N2O2. The molecule has 0 unspecified atom stereocenters. The monoisotopic (exact) mass is 308 g/mol. The second-order valence-electron chi connectivity index (χ2n) is 7.13. The van der Waals surface area contributed by atoms with Crippen LogP contribution in [0.3, 0.4) is 0 Å². The third-order valence-electron chi connectivity index (χ3n) is 5.35. The summed E-state index contributed by atoms with van der Waals surface area (Å²) in [4.78, 5) is 26.5. The lowest BCUT2D eigenvalue weighted by Gasteiger charge is -2.30. The molecule has 126 valence electrons. The summed E-state index contributed by atoms with van der Waals surface area (Å²) >= 11 is 0. The first-order valence-corrected chi connectivity index (χ1v) is 9.17. The van der Waals surface area contributed by atoms with Crippen LogP contribution >= 0.6 is 0 Å². The predicted octanol–water partition coefficient (Wildman–Crippen LogP) is 3.11. The molecule has 2 rings (SSSR count). The van der Waals surface area contributed by atoms with E-state index < -0.39 is 0 Å². The molecule has 22 heavy (non-hydrogen) atoms. The summed E-state index contributed by atoms with van der Waals surface area (Å²) in [6, 6.07) is -0.289. The molecule has 0 spiro atoms. The van der Waals surface area contributed by atoms with Gasteiger partial charge in [0.1, 0.15) is 6.04 Å². The average Bonchev–Trinajstić information content (AvgIpc) is 2.91. The fourth-order valence-electron chi connectivity index (χ4n) is 4.17. The van der Waals surface area contributed by atoms with Crippen molar-refractivity contribution in [1.29, 1.82) is 0 Å². The van der Waals surface area contributed by atoms with E-state index in [0.717, 1.165) is 44.7 Å². The molecule has 1 aliphatic heterocycles. The van der Waals surface area contributed by atoms with E-state index in [4.69, 9.17) is 0 Å². The molecule has 1 N–H and O–H groups in total. The van der Waals surface area contributed by atoms with Gasteiger partial charge in [-0.1, -0.05) is 32.6 Å². The van der Waals surface area contributed by atoms with Gasteiger partial charge in [0.05, 0.1) is 0 Å². The first-order valence-electron chi connectivity index (χ1n) is 9.17. The summed E-state index contributed by atoms with van der Waals surface area (Å²) in [5, 5.41) is 2.95. The average molecular weight is 308 g/mol. The summed E-state index contributed by atoms with van der Waals surface area (Å²) in [5.74, 6) is 1.20. The molecular weight excluding hydrogens is 276 g/mol. The molecule has 1 aliphatic carbocycles. The fraction of sp³-hybridized carbons (Fsp3) is 0.889. The number of nitrogens with zero attached hydrogens (tertiary/aromatic N) is 1. The molecule has 0 radical (unpaired) electrons. The lowest BCUT2D eigenvalue weighted by atomic mass is 9.95. The Balaban J connectivity index is 1.97. The minimum absolute atomic E-state index is 0.0797. The lowest BCUT2D eigenvalue weighted by molar-refractivity contribution is -0.137. The first-order chi connectivity index (χ1) is 10.6. The molecule has 1 heterocycles. The molecule has 0 bridgehead atoms. The molecule has 4 heteroatoms. The van der Waals surface area contributed by atoms with E-state index in [1.54, 1.807) is 0 Å². The van der Waals surface area contributed by atoms with Crippen LogP contribution in [-0.4, -0.2) is 35.8 Å². The van der Waals surface area contributed by atoms with Crippen LogP contribution in [-0.2, 0) is 9.59 Å². The van der Waals surface area contributed by atoms with E-state index in [2.05, 4.69) is 12.2 Å². The predicted molar refractivity (Wildman–Crippen MR) is 88.4 cm³/mol. The Labute approximate surface area is 135 Å². The highest BCUT2D eigenvalue weighted by Gasteiger charge is 2.34. The highest BCUT2D eigenvalue weighted by Crippen LogP contribution is 2.29. The number of amides is 2. The molecule has 1 saturated heterocycles. The van der Waals surface area contributed by atoms with Gasteiger partial charge in [-0.2, -0.15) is 0 Å². The maximum Gasteiger partial charge on any atom is 0.245 e. The van der Waals surface area contributed by atoms with Gasteiger partial charge >= 0.3 is 0 Å². The second-order valence-corrected chi connectivity index (χ2v) is 7.13. The highest BCUT2D eigenvalue weighted by molar-refractivity contribution is 5.87. The molecule has 0 aromatic rings. The van der Waals surface area contributed by atoms with E-state index in [9.17, 15) is 9.59 Å². The Morgan fingerprint density at radius 3 is 2.45 bits per heavy atom. The quantitative estimate of drug-likeness (QED) is 0.848. The van der Waals surface area contributed by atoms with Crippen LogP contribution in [0.5, 0.6) is 0 Å². The van der Waals surface area contributed by atoms with E-state index in [1.165, 1.54) is 39.0 Å². The summed E-state index contributed by atoms with van der Waals surface area (Å²) in [6.07, 6.45) is 10.5. The summed E-state index contributed by atoms with van der Waals surface area (Å²) < 4.78 is 0. The van der Waals surface area contributed by atoms with Gasteiger partial charge in [-0.3, -0.25) is 9.59 Å². The van der Waals surface area contributed by atoms with Gasteiger partial charge in [0.15, 0.2) is 0 Å². The molecule has 0 aromatic carbocycles. The molecule has 2 amide bonds. The van der Waals surface area contributed by atoms with Crippen molar-refractivity contribution in [2.75, 3.05) is 13.1 Å². The van der Waals surface area contributed by atoms with Crippen LogP contribution in [0.2, 0.25) is 0 Å². The zero-order chi connectivity index (χ0) is 15.9. The van der Waals surface area contributed by atoms with Crippen molar-refractivity contribution >= 4 is 11.8 Å². The zero-order valence-corrected chi connectivity index (χ0v) is 14.3. The number of hydrogen-bond acceptors (Lipinski definition) is 2. The van der Waals surface area contributed by atoms with Gasteiger partial charge in [-0.15, -0.1) is 0 Å². The summed E-state index contributed by atoms with van der Waals surface area (Å²) in [7, 11) is 0. The Kier molecular flexibility index (Phi) is 6.71. The van der Waals surface area contributed by atoms with Crippen LogP contribution in [0.15, 0.2) is 0 Å². The Hall–Kier alpha value is -1.06. The van der Waals surface area contributed by atoms with E-state index in [1.807, 2.05) is 4.90 Å². The van der Waals surface area contributed by atoms with Crippen LogP contribution < -0.4 is 5.32 Å². The number of likely N-dealkylation sites (tertiary alicyclic amines) is 1. The number of nitrogens with one attached hydrogen (secondary N) is 1. The van der Waals surface area contributed by atoms with Crippen molar-refractivity contribution in [2.45, 2.75) is 77.7 Å². The standard InChI is InChI=1S/C18H32N2O2/c1-3-7-15-8-6-12-20(13-11-15)18(22)17(19-14(2)21)16-9-4-5-10-16/h15-17H,3-13H2,1-2H3,(H,19,21)/t15-,17+/m0/s1. The van der Waals surface area contributed by atoms with Crippen LogP contribution in [0.4, 0.5) is 0 Å². The lowest BCUT2D eigenvalue weighted by Crippen LogP contribution is -2.51. The molecule has 2 aliphatic rings. The van der Waals surface area contributed by atoms with E-state index in [-0.39, 0.29) is 17.9 Å². The number of hydrogen-bond donors (Lipinski definition) is 1. The minimum Gasteiger partial charge on any atom is -0.344 e. The minimum atomic E-state index is -0.289. The Bertz CT molecular complexity index is 377. The molecule has 2 fully saturated rings. The summed E-state index contributed by atoms with van der Waals surface area (Å²) in [6.45, 7) is 5.49. The summed E-state index contributed by atoms with van der Waals surface area (Å²) in [5.41, 5.74) is 0. The van der Waals surface area contributed by atoms with Crippen LogP contribution in [0.1, 0.15) is 71.6 Å². The van der Waals surface area contributed by atoms with Gasteiger partial charge in [-0.25, -0.2) is 0 Å². The normalized spacial score (nSPS) is 24.8. The topological polar surface area (TPSA) is 49.4 Å². The molecule has 4 nitrogen and oxygen atoms in total. The number of rotatable bonds is 5. The Morgan fingerprint density at radius 1 is 1.09 bits per heavy atom. The number of carbonyl (C=O) groups is 2. The van der Waals surface area contributed by atoms with Gasteiger partial charge in [0, 0.05) is 20.0 Å². The first kappa shape index (κ1) is 17.3. The van der Waals surface area contributed by atoms with Crippen molar-refractivity contribution in [3.63, 3.8) is 0 Å². The van der Waals surface area contributed by atoms with Gasteiger partial charge < -0.3 is 10.2 Å². The number of carbonyl (C=O) groups excluding carboxylic acids is 2.